The normalized spacial score (nSPS) is 27.3. The standard InChI is InChI=1S/C22H27NO3S/c1-16-8-10-19(11-9-16)27(24,25)23-14-12-20-21(23)13-15-26-22(20)17(2)18-6-4-3-5-7-18/h3-11,17,20-22H,12-15H2,1-2H3/t17?,20-,21+,22+/m1/s1. The first-order chi connectivity index (χ1) is 13.0. The van der Waals surface area contributed by atoms with Crippen LogP contribution in [-0.4, -0.2) is 38.0 Å². The van der Waals surface area contributed by atoms with Gasteiger partial charge in [-0.15, -0.1) is 0 Å². The SMILES string of the molecule is Cc1ccc(S(=O)(=O)N2CC[C@H]3[C@H](C(C)c4ccccc4)OCC[C@@H]32)cc1. The Bertz CT molecular complexity index is 880. The van der Waals surface area contributed by atoms with Gasteiger partial charge in [-0.05, 0) is 37.5 Å². The molecule has 27 heavy (non-hydrogen) atoms. The van der Waals surface area contributed by atoms with Crippen LogP contribution in [0.4, 0.5) is 0 Å². The number of sulfonamides is 1. The number of aryl methyl sites for hydroxylation is 1. The topological polar surface area (TPSA) is 46.6 Å². The molecule has 1 unspecified atom stereocenters. The van der Waals surface area contributed by atoms with Gasteiger partial charge in [-0.25, -0.2) is 8.42 Å². The molecular weight excluding hydrogens is 358 g/mol. The Morgan fingerprint density at radius 2 is 1.74 bits per heavy atom. The quantitative estimate of drug-likeness (QED) is 0.800. The van der Waals surface area contributed by atoms with Gasteiger partial charge in [-0.3, -0.25) is 0 Å². The number of ether oxygens (including phenoxy) is 1. The van der Waals surface area contributed by atoms with Gasteiger partial charge in [-0.1, -0.05) is 55.0 Å². The van der Waals surface area contributed by atoms with Gasteiger partial charge in [-0.2, -0.15) is 4.31 Å². The Morgan fingerprint density at radius 1 is 1.04 bits per heavy atom. The fraction of sp³-hybridized carbons (Fsp3) is 0.455. The van der Waals surface area contributed by atoms with Crippen molar-refractivity contribution in [1.82, 2.24) is 4.31 Å². The molecule has 144 valence electrons. The molecule has 2 aliphatic heterocycles. The van der Waals surface area contributed by atoms with Gasteiger partial charge in [0, 0.05) is 31.0 Å². The summed E-state index contributed by atoms with van der Waals surface area (Å²) in [6.07, 6.45) is 1.69. The van der Waals surface area contributed by atoms with Gasteiger partial charge < -0.3 is 4.74 Å². The Morgan fingerprint density at radius 3 is 2.44 bits per heavy atom. The van der Waals surface area contributed by atoms with Crippen LogP contribution in [0.5, 0.6) is 0 Å². The summed E-state index contributed by atoms with van der Waals surface area (Å²) < 4.78 is 34.4. The van der Waals surface area contributed by atoms with Crippen LogP contribution in [-0.2, 0) is 14.8 Å². The third kappa shape index (κ3) is 3.44. The highest BCUT2D eigenvalue weighted by atomic mass is 32.2. The fourth-order valence-electron chi connectivity index (χ4n) is 4.64. The van der Waals surface area contributed by atoms with Gasteiger partial charge in [0.2, 0.25) is 10.0 Å². The van der Waals surface area contributed by atoms with E-state index < -0.39 is 10.0 Å². The summed E-state index contributed by atoms with van der Waals surface area (Å²) in [6, 6.07) is 17.6. The Hall–Kier alpha value is -1.69. The second-order valence-corrected chi connectivity index (χ2v) is 9.66. The predicted octanol–water partition coefficient (Wildman–Crippen LogP) is 3.97. The van der Waals surface area contributed by atoms with Gasteiger partial charge in [0.15, 0.2) is 0 Å². The second kappa shape index (κ2) is 7.38. The molecule has 0 N–H and O–H groups in total. The fourth-order valence-corrected chi connectivity index (χ4v) is 6.36. The van der Waals surface area contributed by atoms with Gasteiger partial charge in [0.1, 0.15) is 0 Å². The van der Waals surface area contributed by atoms with Crippen LogP contribution < -0.4 is 0 Å². The van der Waals surface area contributed by atoms with E-state index in [1.807, 2.05) is 25.1 Å². The lowest BCUT2D eigenvalue weighted by Crippen LogP contribution is -2.46. The number of nitrogens with zero attached hydrogens (tertiary/aromatic N) is 1. The molecule has 0 bridgehead atoms. The first-order valence-electron chi connectivity index (χ1n) is 9.73. The zero-order chi connectivity index (χ0) is 19.0. The van der Waals surface area contributed by atoms with Crippen molar-refractivity contribution < 1.29 is 13.2 Å². The molecule has 2 saturated heterocycles. The van der Waals surface area contributed by atoms with E-state index in [0.717, 1.165) is 18.4 Å². The molecule has 4 rings (SSSR count). The van der Waals surface area contributed by atoms with Crippen LogP contribution in [0.2, 0.25) is 0 Å². The molecule has 0 amide bonds. The third-order valence-electron chi connectivity index (χ3n) is 6.14. The van der Waals surface area contributed by atoms with E-state index in [1.54, 1.807) is 16.4 Å². The third-order valence-corrected chi connectivity index (χ3v) is 8.08. The predicted molar refractivity (Wildman–Crippen MR) is 106 cm³/mol. The molecule has 2 fully saturated rings. The zero-order valence-corrected chi connectivity index (χ0v) is 16.7. The summed E-state index contributed by atoms with van der Waals surface area (Å²) in [4.78, 5) is 0.396. The van der Waals surface area contributed by atoms with Crippen molar-refractivity contribution in [2.75, 3.05) is 13.2 Å². The van der Waals surface area contributed by atoms with E-state index in [9.17, 15) is 8.42 Å². The van der Waals surface area contributed by atoms with E-state index in [1.165, 1.54) is 5.56 Å². The van der Waals surface area contributed by atoms with Crippen molar-refractivity contribution in [3.8, 4) is 0 Å². The maximum atomic E-state index is 13.2. The highest BCUT2D eigenvalue weighted by Gasteiger charge is 2.48. The highest BCUT2D eigenvalue weighted by Crippen LogP contribution is 2.42. The summed E-state index contributed by atoms with van der Waals surface area (Å²) in [5.41, 5.74) is 2.32. The minimum absolute atomic E-state index is 0.0289. The average molecular weight is 386 g/mol. The summed E-state index contributed by atoms with van der Waals surface area (Å²) in [7, 11) is -3.46. The molecule has 2 aliphatic rings. The Labute approximate surface area is 162 Å². The molecule has 5 heteroatoms. The highest BCUT2D eigenvalue weighted by molar-refractivity contribution is 7.89. The van der Waals surface area contributed by atoms with E-state index >= 15 is 0 Å². The molecule has 0 saturated carbocycles. The van der Waals surface area contributed by atoms with Crippen LogP contribution >= 0.6 is 0 Å². The molecule has 2 aromatic rings. The van der Waals surface area contributed by atoms with Crippen molar-refractivity contribution in [3.05, 3.63) is 65.7 Å². The maximum Gasteiger partial charge on any atom is 0.243 e. The van der Waals surface area contributed by atoms with Crippen molar-refractivity contribution >= 4 is 10.0 Å². The van der Waals surface area contributed by atoms with E-state index in [4.69, 9.17) is 4.74 Å². The molecule has 4 atom stereocenters. The van der Waals surface area contributed by atoms with Crippen molar-refractivity contribution in [2.24, 2.45) is 5.92 Å². The van der Waals surface area contributed by atoms with Crippen LogP contribution in [0.3, 0.4) is 0 Å². The van der Waals surface area contributed by atoms with E-state index in [-0.39, 0.29) is 24.0 Å². The summed E-state index contributed by atoms with van der Waals surface area (Å²) in [5, 5.41) is 0. The molecule has 4 nitrogen and oxygen atoms in total. The number of hydrogen-bond acceptors (Lipinski definition) is 3. The lowest BCUT2D eigenvalue weighted by Gasteiger charge is -2.39. The number of fused-ring (bicyclic) bond motifs is 1. The molecule has 0 aliphatic carbocycles. The zero-order valence-electron chi connectivity index (χ0n) is 15.9. The van der Waals surface area contributed by atoms with Gasteiger partial charge in [0.25, 0.3) is 0 Å². The Balaban J connectivity index is 1.58. The van der Waals surface area contributed by atoms with Crippen LogP contribution in [0.15, 0.2) is 59.5 Å². The summed E-state index contributed by atoms with van der Waals surface area (Å²) in [6.45, 7) is 5.35. The minimum atomic E-state index is -3.46. The molecular formula is C22H27NO3S. The van der Waals surface area contributed by atoms with Crippen molar-refractivity contribution in [1.29, 1.82) is 0 Å². The van der Waals surface area contributed by atoms with Crippen molar-refractivity contribution in [3.63, 3.8) is 0 Å². The molecule has 0 radical (unpaired) electrons. The lowest BCUT2D eigenvalue weighted by atomic mass is 9.81. The Kier molecular flexibility index (Phi) is 5.10. The van der Waals surface area contributed by atoms with E-state index in [0.29, 0.717) is 18.0 Å². The summed E-state index contributed by atoms with van der Waals surface area (Å²) in [5.74, 6) is 0.496. The second-order valence-electron chi connectivity index (χ2n) is 7.77. The first kappa shape index (κ1) is 18.7. The molecule has 0 spiro atoms. The van der Waals surface area contributed by atoms with Crippen molar-refractivity contribution in [2.45, 2.75) is 49.6 Å². The summed E-state index contributed by atoms with van der Waals surface area (Å²) >= 11 is 0. The monoisotopic (exact) mass is 385 g/mol. The van der Waals surface area contributed by atoms with Crippen LogP contribution in [0.1, 0.15) is 36.8 Å². The molecule has 2 heterocycles. The van der Waals surface area contributed by atoms with Crippen LogP contribution in [0, 0.1) is 12.8 Å². The maximum absolute atomic E-state index is 13.2. The first-order valence-corrected chi connectivity index (χ1v) is 11.2. The lowest BCUT2D eigenvalue weighted by molar-refractivity contribution is -0.0507. The van der Waals surface area contributed by atoms with E-state index in [2.05, 4.69) is 31.2 Å². The van der Waals surface area contributed by atoms with Crippen LogP contribution in [0.25, 0.3) is 0 Å². The number of rotatable bonds is 4. The smallest absolute Gasteiger partial charge is 0.243 e. The number of hydrogen-bond donors (Lipinski definition) is 0. The molecule has 2 aromatic carbocycles. The van der Waals surface area contributed by atoms with Gasteiger partial charge in [0.05, 0.1) is 11.0 Å². The minimum Gasteiger partial charge on any atom is -0.377 e. The van der Waals surface area contributed by atoms with Gasteiger partial charge >= 0.3 is 0 Å². The largest absolute Gasteiger partial charge is 0.377 e. The number of benzene rings is 2. The molecule has 0 aromatic heterocycles. The average Bonchev–Trinajstić information content (AvgIpc) is 3.13.